The first-order chi connectivity index (χ1) is 7.59. The van der Waals surface area contributed by atoms with E-state index in [2.05, 4.69) is 41.9 Å². The molecule has 2 N–H and O–H groups in total. The van der Waals surface area contributed by atoms with Gasteiger partial charge in [0.25, 0.3) is 0 Å². The molecule has 1 heterocycles. The second-order valence-corrected chi connectivity index (χ2v) is 5.58. The van der Waals surface area contributed by atoms with E-state index >= 15 is 0 Å². The van der Waals surface area contributed by atoms with E-state index in [1.54, 1.807) is 0 Å². The zero-order valence-corrected chi connectivity index (χ0v) is 11.4. The quantitative estimate of drug-likeness (QED) is 0.852. The van der Waals surface area contributed by atoms with Crippen molar-refractivity contribution in [1.29, 1.82) is 0 Å². The number of nitrogens with two attached hydrogens (primary N) is 1. The van der Waals surface area contributed by atoms with Crippen LogP contribution in [0.15, 0.2) is 16.6 Å². The molecule has 0 radical (unpaired) electrons. The number of fused-ring (bicyclic) bond motifs is 1. The molecule has 1 aliphatic rings. The first-order valence-electron chi connectivity index (χ1n) is 5.81. The maximum Gasteiger partial charge on any atom is 0.127 e. The van der Waals surface area contributed by atoms with Crippen LogP contribution in [0.25, 0.3) is 0 Å². The molecule has 2 nitrogen and oxygen atoms in total. The van der Waals surface area contributed by atoms with Crippen LogP contribution in [0.5, 0.6) is 5.75 Å². The van der Waals surface area contributed by atoms with Crippen molar-refractivity contribution in [2.75, 3.05) is 6.61 Å². The molecular weight excluding hydrogens is 266 g/mol. The van der Waals surface area contributed by atoms with E-state index in [0.29, 0.717) is 5.92 Å². The van der Waals surface area contributed by atoms with Crippen molar-refractivity contribution in [2.45, 2.75) is 38.6 Å². The molecule has 0 bridgehead atoms. The first kappa shape index (κ1) is 11.9. The van der Waals surface area contributed by atoms with E-state index in [9.17, 15) is 0 Å². The second-order valence-electron chi connectivity index (χ2n) is 4.67. The van der Waals surface area contributed by atoms with E-state index in [4.69, 9.17) is 10.5 Å². The second kappa shape index (κ2) is 4.76. The molecule has 1 aromatic carbocycles. The summed E-state index contributed by atoms with van der Waals surface area (Å²) in [7, 11) is 0. The molecule has 3 heteroatoms. The molecule has 0 aliphatic carbocycles. The van der Waals surface area contributed by atoms with Crippen LogP contribution in [0.4, 0.5) is 0 Å². The lowest BCUT2D eigenvalue weighted by Gasteiger charge is -2.18. The monoisotopic (exact) mass is 283 g/mol. The SMILES string of the molecule is CC(C)c1cc(Br)cc2c1OCCCC2N. The molecule has 1 unspecified atom stereocenters. The van der Waals surface area contributed by atoms with Gasteiger partial charge >= 0.3 is 0 Å². The summed E-state index contributed by atoms with van der Waals surface area (Å²) in [6.07, 6.45) is 2.03. The molecule has 1 aromatic rings. The lowest BCUT2D eigenvalue weighted by atomic mass is 9.95. The van der Waals surface area contributed by atoms with Gasteiger partial charge in [-0.05, 0) is 36.5 Å². The van der Waals surface area contributed by atoms with Gasteiger partial charge in [-0.1, -0.05) is 29.8 Å². The normalized spacial score (nSPS) is 20.2. The third-order valence-electron chi connectivity index (χ3n) is 3.04. The molecule has 16 heavy (non-hydrogen) atoms. The molecule has 88 valence electrons. The Balaban J connectivity index is 2.56. The third-order valence-corrected chi connectivity index (χ3v) is 3.50. The molecule has 2 rings (SSSR count). The standard InChI is InChI=1S/C13H18BrNO/c1-8(2)10-6-9(14)7-11-12(15)4-3-5-16-13(10)11/h6-8,12H,3-5,15H2,1-2H3. The molecule has 0 saturated carbocycles. The highest BCUT2D eigenvalue weighted by atomic mass is 79.9. The van der Waals surface area contributed by atoms with Gasteiger partial charge in [0, 0.05) is 16.1 Å². The van der Waals surface area contributed by atoms with Gasteiger partial charge in [0.15, 0.2) is 0 Å². The lowest BCUT2D eigenvalue weighted by Crippen LogP contribution is -2.10. The average Bonchev–Trinajstić information content (AvgIpc) is 2.40. The smallest absolute Gasteiger partial charge is 0.127 e. The van der Waals surface area contributed by atoms with Gasteiger partial charge in [0.2, 0.25) is 0 Å². The summed E-state index contributed by atoms with van der Waals surface area (Å²) in [5.41, 5.74) is 8.58. The van der Waals surface area contributed by atoms with Crippen molar-refractivity contribution >= 4 is 15.9 Å². The Morgan fingerprint density at radius 1 is 1.44 bits per heavy atom. The largest absolute Gasteiger partial charge is 0.493 e. The van der Waals surface area contributed by atoms with Crippen molar-refractivity contribution < 1.29 is 4.74 Å². The fourth-order valence-electron chi connectivity index (χ4n) is 2.14. The molecular formula is C13H18BrNO. The molecule has 1 aliphatic heterocycles. The minimum atomic E-state index is 0.104. The molecule has 1 atom stereocenters. The number of rotatable bonds is 1. The van der Waals surface area contributed by atoms with Crippen LogP contribution in [0.2, 0.25) is 0 Å². The van der Waals surface area contributed by atoms with Crippen LogP contribution in [0.3, 0.4) is 0 Å². The number of hydrogen-bond donors (Lipinski definition) is 1. The van der Waals surface area contributed by atoms with Crippen LogP contribution < -0.4 is 10.5 Å². The van der Waals surface area contributed by atoms with Gasteiger partial charge in [0.1, 0.15) is 5.75 Å². The van der Waals surface area contributed by atoms with E-state index in [-0.39, 0.29) is 6.04 Å². The summed E-state index contributed by atoms with van der Waals surface area (Å²) in [6.45, 7) is 5.14. The van der Waals surface area contributed by atoms with Gasteiger partial charge in [0.05, 0.1) is 6.61 Å². The van der Waals surface area contributed by atoms with Crippen LogP contribution in [-0.4, -0.2) is 6.61 Å². The first-order valence-corrected chi connectivity index (χ1v) is 6.60. The van der Waals surface area contributed by atoms with E-state index in [0.717, 1.165) is 35.2 Å². The van der Waals surface area contributed by atoms with E-state index in [1.807, 2.05) is 0 Å². The van der Waals surface area contributed by atoms with Crippen molar-refractivity contribution in [3.63, 3.8) is 0 Å². The topological polar surface area (TPSA) is 35.2 Å². The number of hydrogen-bond acceptors (Lipinski definition) is 2. The van der Waals surface area contributed by atoms with Crippen LogP contribution in [0, 0.1) is 0 Å². The third kappa shape index (κ3) is 2.25. The van der Waals surface area contributed by atoms with Gasteiger partial charge < -0.3 is 10.5 Å². The molecule has 0 spiro atoms. The summed E-state index contributed by atoms with van der Waals surface area (Å²) in [6, 6.07) is 4.34. The Morgan fingerprint density at radius 2 is 2.19 bits per heavy atom. The summed E-state index contributed by atoms with van der Waals surface area (Å²) in [5, 5.41) is 0. The lowest BCUT2D eigenvalue weighted by molar-refractivity contribution is 0.312. The van der Waals surface area contributed by atoms with Crippen LogP contribution in [0.1, 0.15) is 49.8 Å². The summed E-state index contributed by atoms with van der Waals surface area (Å²) in [5.74, 6) is 1.47. The Kier molecular flexibility index (Phi) is 3.55. The molecule has 0 aromatic heterocycles. The van der Waals surface area contributed by atoms with Crippen molar-refractivity contribution in [1.82, 2.24) is 0 Å². The highest BCUT2D eigenvalue weighted by Gasteiger charge is 2.21. The number of ether oxygens (including phenoxy) is 1. The van der Waals surface area contributed by atoms with Gasteiger partial charge in [-0.2, -0.15) is 0 Å². The fraction of sp³-hybridized carbons (Fsp3) is 0.538. The summed E-state index contributed by atoms with van der Waals surface area (Å²) in [4.78, 5) is 0. The molecule has 0 saturated heterocycles. The maximum atomic E-state index is 6.18. The number of benzene rings is 1. The Labute approximate surface area is 105 Å². The van der Waals surface area contributed by atoms with Crippen LogP contribution >= 0.6 is 15.9 Å². The highest BCUT2D eigenvalue weighted by molar-refractivity contribution is 9.10. The van der Waals surface area contributed by atoms with Crippen molar-refractivity contribution in [3.05, 3.63) is 27.7 Å². The summed E-state index contributed by atoms with van der Waals surface area (Å²) < 4.78 is 6.96. The van der Waals surface area contributed by atoms with Crippen molar-refractivity contribution in [2.24, 2.45) is 5.73 Å². The predicted molar refractivity (Wildman–Crippen MR) is 69.9 cm³/mol. The van der Waals surface area contributed by atoms with Crippen LogP contribution in [-0.2, 0) is 0 Å². The fourth-order valence-corrected chi connectivity index (χ4v) is 2.63. The Bertz CT molecular complexity index is 390. The average molecular weight is 284 g/mol. The maximum absolute atomic E-state index is 6.18. The molecule has 0 amide bonds. The van der Waals surface area contributed by atoms with Gasteiger partial charge in [-0.25, -0.2) is 0 Å². The minimum Gasteiger partial charge on any atom is -0.493 e. The van der Waals surface area contributed by atoms with Gasteiger partial charge in [-0.15, -0.1) is 0 Å². The predicted octanol–water partition coefficient (Wildman–Crippen LogP) is 3.74. The highest BCUT2D eigenvalue weighted by Crippen LogP contribution is 2.38. The van der Waals surface area contributed by atoms with E-state index in [1.165, 1.54) is 5.56 Å². The van der Waals surface area contributed by atoms with Crippen molar-refractivity contribution in [3.8, 4) is 5.75 Å². The minimum absolute atomic E-state index is 0.104. The zero-order valence-electron chi connectivity index (χ0n) is 9.79. The van der Waals surface area contributed by atoms with Gasteiger partial charge in [-0.3, -0.25) is 0 Å². The Morgan fingerprint density at radius 3 is 2.88 bits per heavy atom. The Hall–Kier alpha value is -0.540. The summed E-state index contributed by atoms with van der Waals surface area (Å²) >= 11 is 3.55. The zero-order chi connectivity index (χ0) is 11.7. The number of halogens is 1. The van der Waals surface area contributed by atoms with E-state index < -0.39 is 0 Å². The molecule has 0 fully saturated rings.